The lowest BCUT2D eigenvalue weighted by Gasteiger charge is -2.14. The second kappa shape index (κ2) is 7.38. The molecule has 0 fully saturated rings. The standard InChI is InChI=1S/C16H27NO2SSi/c1-14-9-11-16(12-10-14)20(18,19)17-15(2)8-6-7-13-21(3,4)5/h7,9-13,15,17H,6,8H2,1-5H3/b13-7+/t15-/m1/s1. The normalized spacial score (nSPS) is 14.5. The molecule has 5 heteroatoms. The molecule has 0 aromatic heterocycles. The van der Waals surface area contributed by atoms with Gasteiger partial charge in [-0.15, -0.1) is 0 Å². The predicted octanol–water partition coefficient (Wildman–Crippen LogP) is 3.88. The fourth-order valence-electron chi connectivity index (χ4n) is 1.89. The SMILES string of the molecule is Cc1ccc(S(=O)(=O)N[C@H](C)CC/C=C/[Si](C)(C)C)cc1. The van der Waals surface area contributed by atoms with Crippen molar-refractivity contribution in [3.8, 4) is 0 Å². The molecule has 0 saturated carbocycles. The van der Waals surface area contributed by atoms with E-state index in [1.54, 1.807) is 12.1 Å². The van der Waals surface area contributed by atoms with Crippen molar-refractivity contribution in [1.82, 2.24) is 4.72 Å². The van der Waals surface area contributed by atoms with Gasteiger partial charge in [0, 0.05) is 6.04 Å². The number of rotatable bonds is 7. The van der Waals surface area contributed by atoms with Gasteiger partial charge in [0.25, 0.3) is 0 Å². The molecule has 1 aromatic rings. The predicted molar refractivity (Wildman–Crippen MR) is 92.7 cm³/mol. The zero-order chi connectivity index (χ0) is 16.1. The Morgan fingerprint density at radius 3 is 2.29 bits per heavy atom. The molecule has 0 bridgehead atoms. The van der Waals surface area contributed by atoms with E-state index in [-0.39, 0.29) is 6.04 Å². The minimum absolute atomic E-state index is 0.0670. The van der Waals surface area contributed by atoms with Crippen molar-refractivity contribution in [1.29, 1.82) is 0 Å². The molecule has 0 aliphatic heterocycles. The van der Waals surface area contributed by atoms with Gasteiger partial charge in [-0.05, 0) is 38.8 Å². The van der Waals surface area contributed by atoms with E-state index in [0.717, 1.165) is 18.4 Å². The summed E-state index contributed by atoms with van der Waals surface area (Å²) >= 11 is 0. The van der Waals surface area contributed by atoms with E-state index in [1.807, 2.05) is 26.0 Å². The quantitative estimate of drug-likeness (QED) is 0.773. The van der Waals surface area contributed by atoms with Crippen LogP contribution >= 0.6 is 0 Å². The average Bonchev–Trinajstić information content (AvgIpc) is 2.33. The van der Waals surface area contributed by atoms with E-state index >= 15 is 0 Å². The summed E-state index contributed by atoms with van der Waals surface area (Å²) in [5, 5.41) is 0. The summed E-state index contributed by atoms with van der Waals surface area (Å²) in [5.74, 6) is 0. The minimum Gasteiger partial charge on any atom is -0.208 e. The van der Waals surface area contributed by atoms with Crippen LogP contribution in [0.25, 0.3) is 0 Å². The number of nitrogens with one attached hydrogen (secondary N) is 1. The Kier molecular flexibility index (Phi) is 6.37. The van der Waals surface area contributed by atoms with Crippen LogP contribution in [0.2, 0.25) is 19.6 Å². The molecule has 3 nitrogen and oxygen atoms in total. The third-order valence-electron chi connectivity index (χ3n) is 3.07. The first-order chi connectivity index (χ1) is 9.60. The topological polar surface area (TPSA) is 46.2 Å². The first-order valence-electron chi connectivity index (χ1n) is 7.37. The Morgan fingerprint density at radius 1 is 1.19 bits per heavy atom. The van der Waals surface area contributed by atoms with E-state index in [1.165, 1.54) is 0 Å². The van der Waals surface area contributed by atoms with E-state index in [0.29, 0.717) is 4.90 Å². The number of benzene rings is 1. The second-order valence-corrected chi connectivity index (χ2v) is 13.5. The smallest absolute Gasteiger partial charge is 0.208 e. The van der Waals surface area contributed by atoms with Crippen molar-refractivity contribution in [2.75, 3.05) is 0 Å². The molecule has 0 heterocycles. The van der Waals surface area contributed by atoms with Gasteiger partial charge in [-0.1, -0.05) is 49.1 Å². The first-order valence-corrected chi connectivity index (χ1v) is 12.4. The van der Waals surface area contributed by atoms with Crippen LogP contribution in [0.3, 0.4) is 0 Å². The van der Waals surface area contributed by atoms with Crippen LogP contribution in [-0.4, -0.2) is 22.5 Å². The number of aryl methyl sites for hydroxylation is 1. The molecule has 0 unspecified atom stereocenters. The number of allylic oxidation sites excluding steroid dienone is 1. The van der Waals surface area contributed by atoms with E-state index < -0.39 is 18.1 Å². The summed E-state index contributed by atoms with van der Waals surface area (Å²) in [6.07, 6.45) is 3.90. The van der Waals surface area contributed by atoms with Gasteiger partial charge in [0.05, 0.1) is 13.0 Å². The Balaban J connectivity index is 2.55. The van der Waals surface area contributed by atoms with Crippen LogP contribution in [-0.2, 0) is 10.0 Å². The van der Waals surface area contributed by atoms with Gasteiger partial charge < -0.3 is 0 Å². The summed E-state index contributed by atoms with van der Waals surface area (Å²) in [5.41, 5.74) is 3.35. The van der Waals surface area contributed by atoms with Crippen molar-refractivity contribution >= 4 is 18.1 Å². The maximum absolute atomic E-state index is 12.2. The van der Waals surface area contributed by atoms with Crippen LogP contribution in [0.1, 0.15) is 25.3 Å². The fraction of sp³-hybridized carbons (Fsp3) is 0.500. The van der Waals surface area contributed by atoms with Crippen molar-refractivity contribution < 1.29 is 8.42 Å². The highest BCUT2D eigenvalue weighted by Gasteiger charge is 2.16. The van der Waals surface area contributed by atoms with E-state index in [2.05, 4.69) is 36.1 Å². The largest absolute Gasteiger partial charge is 0.240 e. The van der Waals surface area contributed by atoms with Crippen molar-refractivity contribution in [3.05, 3.63) is 41.6 Å². The maximum atomic E-state index is 12.2. The highest BCUT2D eigenvalue weighted by atomic mass is 32.2. The van der Waals surface area contributed by atoms with Crippen LogP contribution < -0.4 is 4.72 Å². The van der Waals surface area contributed by atoms with Crippen LogP contribution in [0.4, 0.5) is 0 Å². The third-order valence-corrected chi connectivity index (χ3v) is 5.91. The highest BCUT2D eigenvalue weighted by Crippen LogP contribution is 2.12. The molecule has 118 valence electrons. The molecule has 1 rings (SSSR count). The minimum atomic E-state index is -3.41. The van der Waals surface area contributed by atoms with Crippen molar-refractivity contribution in [2.45, 2.75) is 57.3 Å². The summed E-state index contributed by atoms with van der Waals surface area (Å²) in [7, 11) is -4.56. The molecule has 0 aliphatic carbocycles. The van der Waals surface area contributed by atoms with Gasteiger partial charge >= 0.3 is 0 Å². The fourth-order valence-corrected chi connectivity index (χ4v) is 4.04. The van der Waals surface area contributed by atoms with Gasteiger partial charge in [-0.3, -0.25) is 0 Å². The molecule has 0 spiro atoms. The van der Waals surface area contributed by atoms with Gasteiger partial charge in [-0.25, -0.2) is 13.1 Å². The lowest BCUT2D eigenvalue weighted by atomic mass is 10.2. The molecule has 0 amide bonds. The van der Waals surface area contributed by atoms with Crippen molar-refractivity contribution in [2.24, 2.45) is 0 Å². The van der Waals surface area contributed by atoms with Gasteiger partial charge in [-0.2, -0.15) is 0 Å². The lowest BCUT2D eigenvalue weighted by molar-refractivity contribution is 0.549. The molecule has 21 heavy (non-hydrogen) atoms. The molecular formula is C16H27NO2SSi. The third kappa shape index (κ3) is 7.06. The molecule has 0 radical (unpaired) electrons. The lowest BCUT2D eigenvalue weighted by Crippen LogP contribution is -2.32. The van der Waals surface area contributed by atoms with E-state index in [9.17, 15) is 8.42 Å². The molecule has 0 aliphatic rings. The number of hydrogen-bond donors (Lipinski definition) is 1. The summed E-state index contributed by atoms with van der Waals surface area (Å²) in [4.78, 5) is 0.331. The molecule has 0 saturated heterocycles. The van der Waals surface area contributed by atoms with Crippen LogP contribution in [0.5, 0.6) is 0 Å². The first kappa shape index (κ1) is 18.1. The molecule has 1 aromatic carbocycles. The molecule has 1 atom stereocenters. The van der Waals surface area contributed by atoms with Gasteiger partial charge in [0.15, 0.2) is 0 Å². The van der Waals surface area contributed by atoms with Crippen molar-refractivity contribution in [3.63, 3.8) is 0 Å². The highest BCUT2D eigenvalue weighted by molar-refractivity contribution is 7.89. The molecule has 1 N–H and O–H groups in total. The number of sulfonamides is 1. The Hall–Kier alpha value is -0.913. The zero-order valence-corrected chi connectivity index (χ0v) is 15.5. The zero-order valence-electron chi connectivity index (χ0n) is 13.7. The Labute approximate surface area is 130 Å². The Morgan fingerprint density at radius 2 is 1.76 bits per heavy atom. The van der Waals surface area contributed by atoms with Gasteiger partial charge in [0.2, 0.25) is 10.0 Å². The summed E-state index contributed by atoms with van der Waals surface area (Å²) in [6, 6.07) is 6.86. The van der Waals surface area contributed by atoms with Gasteiger partial charge in [0.1, 0.15) is 0 Å². The average molecular weight is 326 g/mol. The summed E-state index contributed by atoms with van der Waals surface area (Å²) in [6.45, 7) is 10.7. The Bertz CT molecular complexity index is 571. The summed E-state index contributed by atoms with van der Waals surface area (Å²) < 4.78 is 27.2. The van der Waals surface area contributed by atoms with Crippen LogP contribution in [0, 0.1) is 6.92 Å². The second-order valence-electron chi connectivity index (χ2n) is 6.68. The monoisotopic (exact) mass is 325 g/mol. The number of hydrogen-bond acceptors (Lipinski definition) is 2. The maximum Gasteiger partial charge on any atom is 0.240 e. The van der Waals surface area contributed by atoms with Crippen LogP contribution in [0.15, 0.2) is 40.9 Å². The van der Waals surface area contributed by atoms with E-state index in [4.69, 9.17) is 0 Å². The molecular weight excluding hydrogens is 298 g/mol.